The number of para-hydroxylation sites is 1. The van der Waals surface area contributed by atoms with E-state index in [9.17, 15) is 8.42 Å². The first kappa shape index (κ1) is 21.8. The number of hydrogen-bond donors (Lipinski definition) is 0. The van der Waals surface area contributed by atoms with Crippen LogP contribution >= 0.6 is 11.3 Å². The van der Waals surface area contributed by atoms with Crippen LogP contribution in [-0.4, -0.2) is 43.6 Å². The summed E-state index contributed by atoms with van der Waals surface area (Å²) in [5.74, 6) is 0.815. The lowest BCUT2D eigenvalue weighted by atomic mass is 10.2. The molecule has 5 rings (SSSR count). The minimum absolute atomic E-state index is 0.287. The van der Waals surface area contributed by atoms with E-state index in [1.807, 2.05) is 60.0 Å². The normalized spacial score (nSPS) is 15.7. The van der Waals surface area contributed by atoms with Gasteiger partial charge in [0, 0.05) is 18.5 Å². The second-order valence-corrected chi connectivity index (χ2v) is 10.3. The lowest BCUT2D eigenvalue weighted by Gasteiger charge is -2.26. The zero-order chi connectivity index (χ0) is 22.7. The number of benzene rings is 2. The Balaban J connectivity index is 1.52. The highest BCUT2D eigenvalue weighted by atomic mass is 32.2. The standard InChI is InChI=1S/C24H23N3O4S2/c28-33(29,26-12-15-30-16-13-26)22-10-8-19(9-11-22)23-18-32-24(25-20-5-2-1-3-6-20)27(23)17-21-7-4-14-31-21/h1-11,14,18H,12-13,15-17H2. The molecule has 0 atom stereocenters. The van der Waals surface area contributed by atoms with Crippen LogP contribution in [0.2, 0.25) is 0 Å². The summed E-state index contributed by atoms with van der Waals surface area (Å²) in [5.41, 5.74) is 2.72. The summed E-state index contributed by atoms with van der Waals surface area (Å²) in [7, 11) is -3.53. The Hall–Kier alpha value is -2.98. The molecule has 0 amide bonds. The van der Waals surface area contributed by atoms with E-state index in [-0.39, 0.29) is 4.90 Å². The Bertz CT molecular complexity index is 1370. The molecular formula is C24H23N3O4S2. The van der Waals surface area contributed by atoms with Crippen molar-refractivity contribution in [2.75, 3.05) is 26.3 Å². The molecule has 2 aromatic heterocycles. The molecule has 2 aromatic carbocycles. The van der Waals surface area contributed by atoms with Crippen LogP contribution in [0.3, 0.4) is 0 Å². The zero-order valence-electron chi connectivity index (χ0n) is 17.8. The number of thiazole rings is 1. The molecule has 1 saturated heterocycles. The Morgan fingerprint density at radius 1 is 0.939 bits per heavy atom. The second-order valence-electron chi connectivity index (χ2n) is 7.56. The van der Waals surface area contributed by atoms with Crippen molar-refractivity contribution in [3.05, 3.63) is 88.9 Å². The average Bonchev–Trinajstić information content (AvgIpc) is 3.51. The van der Waals surface area contributed by atoms with Crippen molar-refractivity contribution in [2.24, 2.45) is 4.99 Å². The van der Waals surface area contributed by atoms with Gasteiger partial charge in [0.1, 0.15) is 5.76 Å². The Labute approximate surface area is 196 Å². The van der Waals surface area contributed by atoms with Crippen LogP contribution in [0, 0.1) is 0 Å². The van der Waals surface area contributed by atoms with Crippen LogP contribution in [0.4, 0.5) is 5.69 Å². The van der Waals surface area contributed by atoms with Crippen molar-refractivity contribution in [3.63, 3.8) is 0 Å². The van der Waals surface area contributed by atoms with E-state index in [4.69, 9.17) is 14.1 Å². The first-order valence-corrected chi connectivity index (χ1v) is 12.9. The molecule has 33 heavy (non-hydrogen) atoms. The van der Waals surface area contributed by atoms with Crippen molar-refractivity contribution < 1.29 is 17.6 Å². The number of nitrogens with zero attached hydrogens (tertiary/aromatic N) is 3. The number of furan rings is 1. The molecule has 1 aliphatic rings. The van der Waals surface area contributed by atoms with Gasteiger partial charge in [-0.1, -0.05) is 30.3 Å². The van der Waals surface area contributed by atoms with Crippen LogP contribution in [0.25, 0.3) is 11.3 Å². The van der Waals surface area contributed by atoms with Gasteiger partial charge in [-0.2, -0.15) is 4.31 Å². The maximum Gasteiger partial charge on any atom is 0.243 e. The zero-order valence-corrected chi connectivity index (χ0v) is 19.5. The van der Waals surface area contributed by atoms with Crippen LogP contribution < -0.4 is 4.80 Å². The van der Waals surface area contributed by atoms with Crippen molar-refractivity contribution in [2.45, 2.75) is 11.4 Å². The molecule has 0 radical (unpaired) electrons. The van der Waals surface area contributed by atoms with Crippen LogP contribution in [0.1, 0.15) is 5.76 Å². The molecule has 0 spiro atoms. The van der Waals surface area contributed by atoms with Gasteiger partial charge in [-0.05, 0) is 42.0 Å². The molecular weight excluding hydrogens is 458 g/mol. The minimum atomic E-state index is -3.53. The number of morpholine rings is 1. The van der Waals surface area contributed by atoms with E-state index in [2.05, 4.69) is 4.57 Å². The maximum atomic E-state index is 13.0. The quantitative estimate of drug-likeness (QED) is 0.415. The molecule has 0 aliphatic carbocycles. The number of hydrogen-bond acceptors (Lipinski definition) is 6. The predicted molar refractivity (Wildman–Crippen MR) is 127 cm³/mol. The number of rotatable bonds is 6. The van der Waals surface area contributed by atoms with Gasteiger partial charge in [-0.15, -0.1) is 11.3 Å². The lowest BCUT2D eigenvalue weighted by molar-refractivity contribution is 0.0730. The smallest absolute Gasteiger partial charge is 0.243 e. The highest BCUT2D eigenvalue weighted by molar-refractivity contribution is 7.89. The Morgan fingerprint density at radius 2 is 1.70 bits per heavy atom. The molecule has 0 N–H and O–H groups in total. The molecule has 3 heterocycles. The molecule has 4 aromatic rings. The summed E-state index contributed by atoms with van der Waals surface area (Å²) in [4.78, 5) is 5.93. The monoisotopic (exact) mass is 481 g/mol. The topological polar surface area (TPSA) is 77.0 Å². The van der Waals surface area contributed by atoms with Gasteiger partial charge >= 0.3 is 0 Å². The van der Waals surface area contributed by atoms with E-state index in [0.717, 1.165) is 27.5 Å². The van der Waals surface area contributed by atoms with Gasteiger partial charge in [-0.25, -0.2) is 13.4 Å². The lowest BCUT2D eigenvalue weighted by Crippen LogP contribution is -2.40. The molecule has 0 bridgehead atoms. The summed E-state index contributed by atoms with van der Waals surface area (Å²) in [6.07, 6.45) is 1.65. The fraction of sp³-hybridized carbons (Fsp3) is 0.208. The van der Waals surface area contributed by atoms with Crippen molar-refractivity contribution >= 4 is 27.0 Å². The van der Waals surface area contributed by atoms with E-state index in [0.29, 0.717) is 32.8 Å². The van der Waals surface area contributed by atoms with Crippen molar-refractivity contribution in [1.82, 2.24) is 8.87 Å². The van der Waals surface area contributed by atoms with E-state index < -0.39 is 10.0 Å². The fourth-order valence-electron chi connectivity index (χ4n) is 3.71. The molecule has 9 heteroatoms. The second kappa shape index (κ2) is 9.48. The van der Waals surface area contributed by atoms with Crippen LogP contribution in [0.15, 0.2) is 92.7 Å². The largest absolute Gasteiger partial charge is 0.467 e. The first-order valence-electron chi connectivity index (χ1n) is 10.6. The minimum Gasteiger partial charge on any atom is -0.467 e. The van der Waals surface area contributed by atoms with Crippen LogP contribution in [0.5, 0.6) is 0 Å². The van der Waals surface area contributed by atoms with Gasteiger partial charge in [0.15, 0.2) is 4.80 Å². The summed E-state index contributed by atoms with van der Waals surface area (Å²) in [5, 5.41) is 2.04. The maximum absolute atomic E-state index is 13.0. The van der Waals surface area contributed by atoms with Crippen molar-refractivity contribution in [3.8, 4) is 11.3 Å². The van der Waals surface area contributed by atoms with Gasteiger partial charge in [0.25, 0.3) is 0 Å². The van der Waals surface area contributed by atoms with E-state index in [1.54, 1.807) is 18.4 Å². The molecule has 0 unspecified atom stereocenters. The van der Waals surface area contributed by atoms with E-state index >= 15 is 0 Å². The Kier molecular flexibility index (Phi) is 6.28. The third-order valence-corrected chi connectivity index (χ3v) is 8.21. The van der Waals surface area contributed by atoms with Gasteiger partial charge in [0.2, 0.25) is 10.0 Å². The molecule has 1 fully saturated rings. The van der Waals surface area contributed by atoms with Gasteiger partial charge in [-0.3, -0.25) is 0 Å². The number of ether oxygens (including phenoxy) is 1. The summed E-state index contributed by atoms with van der Waals surface area (Å²) < 4.78 is 40.3. The molecule has 0 saturated carbocycles. The molecule has 7 nitrogen and oxygen atoms in total. The first-order chi connectivity index (χ1) is 16.1. The third-order valence-electron chi connectivity index (χ3n) is 5.43. The third kappa shape index (κ3) is 4.72. The highest BCUT2D eigenvalue weighted by Crippen LogP contribution is 2.25. The summed E-state index contributed by atoms with van der Waals surface area (Å²) in [6, 6.07) is 20.6. The van der Waals surface area contributed by atoms with Gasteiger partial charge in [0.05, 0.1) is 42.3 Å². The van der Waals surface area contributed by atoms with Crippen molar-refractivity contribution in [1.29, 1.82) is 0 Å². The van der Waals surface area contributed by atoms with Crippen LogP contribution in [-0.2, 0) is 21.3 Å². The van der Waals surface area contributed by atoms with Gasteiger partial charge < -0.3 is 13.7 Å². The molecule has 170 valence electrons. The predicted octanol–water partition coefficient (Wildman–Crippen LogP) is 4.11. The number of sulfonamides is 1. The average molecular weight is 482 g/mol. The SMILES string of the molecule is O=S(=O)(c1ccc(-c2csc(=Nc3ccccc3)n2Cc2ccco2)cc1)N1CCOCC1. The molecule has 1 aliphatic heterocycles. The van der Waals surface area contributed by atoms with E-state index in [1.165, 1.54) is 15.6 Å². The number of aromatic nitrogens is 1. The fourth-order valence-corrected chi connectivity index (χ4v) is 6.04. The summed E-state index contributed by atoms with van der Waals surface area (Å²) >= 11 is 1.53. The summed E-state index contributed by atoms with van der Waals surface area (Å²) in [6.45, 7) is 2.12. The Morgan fingerprint density at radius 3 is 2.39 bits per heavy atom. The highest BCUT2D eigenvalue weighted by Gasteiger charge is 2.26.